The number of hydrogen-bond acceptors (Lipinski definition) is 3. The Hall–Kier alpha value is -0.353. The van der Waals surface area contributed by atoms with Crippen LogP contribution in [0.2, 0.25) is 18.1 Å². The van der Waals surface area contributed by atoms with Crippen LogP contribution in [-0.4, -0.2) is 19.5 Å². The van der Waals surface area contributed by atoms with Gasteiger partial charge >= 0.3 is 0 Å². The Balaban J connectivity index is 5.03. The maximum atomic E-state index is 12.4. The van der Waals surface area contributed by atoms with Crippen molar-refractivity contribution < 1.29 is 14.0 Å². The molecule has 0 radical (unpaired) electrons. The van der Waals surface area contributed by atoms with E-state index in [1.54, 1.807) is 0 Å². The predicted molar refractivity (Wildman–Crippen MR) is 109 cm³/mol. The summed E-state index contributed by atoms with van der Waals surface area (Å²) in [7, 11) is -2.09. The SMILES string of the molecule is CC(C)CC[Si](CCC(C)C)(CCC(C)C)OC(=O)CCCC(=O)Cl. The topological polar surface area (TPSA) is 43.4 Å². The summed E-state index contributed by atoms with van der Waals surface area (Å²) in [4.78, 5) is 23.3. The Kier molecular flexibility index (Phi) is 12.7. The van der Waals surface area contributed by atoms with Crippen LogP contribution in [0.4, 0.5) is 0 Å². The fourth-order valence-electron chi connectivity index (χ4n) is 2.85. The van der Waals surface area contributed by atoms with Gasteiger partial charge in [0.25, 0.3) is 14.3 Å². The van der Waals surface area contributed by atoms with Gasteiger partial charge in [0.05, 0.1) is 0 Å². The Morgan fingerprint density at radius 1 is 0.800 bits per heavy atom. The third kappa shape index (κ3) is 13.5. The quantitative estimate of drug-likeness (QED) is 0.249. The first-order valence-electron chi connectivity index (χ1n) is 9.96. The molecule has 148 valence electrons. The van der Waals surface area contributed by atoms with Crippen molar-refractivity contribution in [2.45, 2.75) is 98.2 Å². The van der Waals surface area contributed by atoms with Gasteiger partial charge in [-0.25, -0.2) is 0 Å². The Morgan fingerprint density at radius 2 is 1.20 bits per heavy atom. The molecule has 25 heavy (non-hydrogen) atoms. The van der Waals surface area contributed by atoms with E-state index in [4.69, 9.17) is 16.0 Å². The first-order valence-corrected chi connectivity index (χ1v) is 12.9. The van der Waals surface area contributed by atoms with E-state index >= 15 is 0 Å². The molecule has 3 nitrogen and oxygen atoms in total. The van der Waals surface area contributed by atoms with E-state index in [9.17, 15) is 9.59 Å². The van der Waals surface area contributed by atoms with Crippen molar-refractivity contribution in [3.05, 3.63) is 0 Å². The molecule has 0 aliphatic carbocycles. The largest absolute Gasteiger partial charge is 0.519 e. The van der Waals surface area contributed by atoms with E-state index in [0.717, 1.165) is 37.4 Å². The Labute approximate surface area is 161 Å². The van der Waals surface area contributed by atoms with Gasteiger partial charge in [-0.15, -0.1) is 0 Å². The number of carbonyl (C=O) groups is 2. The number of carbonyl (C=O) groups excluding carboxylic acids is 2. The van der Waals surface area contributed by atoms with Crippen molar-refractivity contribution in [3.8, 4) is 0 Å². The van der Waals surface area contributed by atoms with Crippen molar-refractivity contribution in [1.29, 1.82) is 0 Å². The zero-order chi connectivity index (χ0) is 19.5. The highest BCUT2D eigenvalue weighted by Gasteiger charge is 2.38. The fourth-order valence-corrected chi connectivity index (χ4v) is 7.93. The predicted octanol–water partition coefficient (Wildman–Crippen LogP) is 6.55. The molecule has 0 saturated heterocycles. The van der Waals surface area contributed by atoms with E-state index in [1.165, 1.54) is 0 Å². The molecule has 0 amide bonds. The molecule has 0 saturated carbocycles. The van der Waals surface area contributed by atoms with E-state index in [0.29, 0.717) is 30.6 Å². The van der Waals surface area contributed by atoms with Crippen LogP contribution < -0.4 is 0 Å². The maximum Gasteiger partial charge on any atom is 0.292 e. The summed E-state index contributed by atoms with van der Waals surface area (Å²) in [5.41, 5.74) is 0. The third-order valence-electron chi connectivity index (χ3n) is 4.62. The molecule has 0 aromatic carbocycles. The van der Waals surface area contributed by atoms with Crippen molar-refractivity contribution in [2.24, 2.45) is 17.8 Å². The third-order valence-corrected chi connectivity index (χ3v) is 9.07. The average Bonchev–Trinajstić information content (AvgIpc) is 2.48. The van der Waals surface area contributed by atoms with Gasteiger partial charge in [0, 0.05) is 12.8 Å². The highest BCUT2D eigenvalue weighted by Crippen LogP contribution is 2.32. The molecule has 5 heteroatoms. The van der Waals surface area contributed by atoms with E-state index in [-0.39, 0.29) is 17.6 Å². The van der Waals surface area contributed by atoms with Crippen molar-refractivity contribution in [1.82, 2.24) is 0 Å². The van der Waals surface area contributed by atoms with Gasteiger partial charge in [0.2, 0.25) is 5.24 Å². The summed E-state index contributed by atoms with van der Waals surface area (Å²) >= 11 is 5.37. The van der Waals surface area contributed by atoms with Crippen LogP contribution in [0.3, 0.4) is 0 Å². The highest BCUT2D eigenvalue weighted by molar-refractivity contribution is 6.75. The molecular weight excluding hydrogens is 352 g/mol. The zero-order valence-electron chi connectivity index (χ0n) is 17.2. The molecule has 0 aliphatic heterocycles. The molecule has 0 aromatic heterocycles. The average molecular weight is 391 g/mol. The summed E-state index contributed by atoms with van der Waals surface area (Å²) < 4.78 is 6.22. The lowest BCUT2D eigenvalue weighted by molar-refractivity contribution is -0.135. The summed E-state index contributed by atoms with van der Waals surface area (Å²) in [5.74, 6) is 1.74. The van der Waals surface area contributed by atoms with Gasteiger partial charge in [-0.2, -0.15) is 0 Å². The number of hydrogen-bond donors (Lipinski definition) is 0. The minimum atomic E-state index is -2.09. The highest BCUT2D eigenvalue weighted by atomic mass is 35.5. The first-order chi connectivity index (χ1) is 11.6. The summed E-state index contributed by atoms with van der Waals surface area (Å²) in [6, 6.07) is 3.18. The van der Waals surface area contributed by atoms with Crippen molar-refractivity contribution >= 4 is 31.1 Å². The number of halogens is 1. The lowest BCUT2D eigenvalue weighted by atomic mass is 10.2. The van der Waals surface area contributed by atoms with Gasteiger partial charge in [-0.05, 0) is 53.9 Å². The molecule has 0 spiro atoms. The summed E-state index contributed by atoms with van der Waals surface area (Å²) in [5, 5.41) is -0.379. The standard InChI is InChI=1S/C20H39ClO3Si/c1-16(2)10-13-25(14-11-17(3)4,15-12-18(5)6)24-20(23)9-7-8-19(21)22/h16-18H,7-15H2,1-6H3. The normalized spacial score (nSPS) is 12.2. The minimum Gasteiger partial charge on any atom is -0.519 e. The van der Waals surface area contributed by atoms with E-state index < -0.39 is 8.32 Å². The minimum absolute atomic E-state index is 0.124. The molecule has 0 bridgehead atoms. The second-order valence-electron chi connectivity index (χ2n) is 8.66. The monoisotopic (exact) mass is 390 g/mol. The van der Waals surface area contributed by atoms with Crippen LogP contribution >= 0.6 is 11.6 Å². The van der Waals surface area contributed by atoms with Crippen LogP contribution in [-0.2, 0) is 14.0 Å². The van der Waals surface area contributed by atoms with Gasteiger partial charge in [-0.3, -0.25) is 9.59 Å². The van der Waals surface area contributed by atoms with Crippen molar-refractivity contribution in [2.75, 3.05) is 0 Å². The van der Waals surface area contributed by atoms with Crippen LogP contribution in [0.5, 0.6) is 0 Å². The Morgan fingerprint density at radius 3 is 1.52 bits per heavy atom. The lowest BCUT2D eigenvalue weighted by Crippen LogP contribution is -2.41. The second-order valence-corrected chi connectivity index (χ2v) is 13.2. The molecule has 0 aliphatic rings. The zero-order valence-corrected chi connectivity index (χ0v) is 19.0. The molecule has 0 N–H and O–H groups in total. The molecule has 0 atom stereocenters. The van der Waals surface area contributed by atoms with E-state index in [1.807, 2.05) is 0 Å². The van der Waals surface area contributed by atoms with Gasteiger partial charge < -0.3 is 4.43 Å². The number of rotatable bonds is 14. The first kappa shape index (κ1) is 24.6. The molecule has 0 fully saturated rings. The van der Waals surface area contributed by atoms with Crippen molar-refractivity contribution in [3.63, 3.8) is 0 Å². The summed E-state index contributed by atoms with van der Waals surface area (Å²) in [6.45, 7) is 13.4. The Bertz CT molecular complexity index is 363. The molecular formula is C20H39ClO3Si. The fraction of sp³-hybridized carbons (Fsp3) is 0.900. The van der Waals surface area contributed by atoms with Gasteiger partial charge in [-0.1, -0.05) is 60.8 Å². The maximum absolute atomic E-state index is 12.4. The molecule has 0 unspecified atom stereocenters. The second kappa shape index (κ2) is 12.9. The van der Waals surface area contributed by atoms with Crippen LogP contribution in [0.15, 0.2) is 0 Å². The smallest absolute Gasteiger partial charge is 0.292 e. The van der Waals surface area contributed by atoms with Crippen LogP contribution in [0.1, 0.15) is 80.1 Å². The molecule has 0 rings (SSSR count). The lowest BCUT2D eigenvalue weighted by Gasteiger charge is -2.33. The molecule has 0 heterocycles. The van der Waals surface area contributed by atoms with Crippen LogP contribution in [0.25, 0.3) is 0 Å². The van der Waals surface area contributed by atoms with E-state index in [2.05, 4.69) is 41.5 Å². The summed E-state index contributed by atoms with van der Waals surface area (Å²) in [6.07, 6.45) is 4.40. The molecule has 0 aromatic rings. The van der Waals surface area contributed by atoms with Crippen LogP contribution in [0, 0.1) is 17.8 Å². The van der Waals surface area contributed by atoms with Gasteiger partial charge in [0.1, 0.15) is 0 Å². The van der Waals surface area contributed by atoms with Gasteiger partial charge in [0.15, 0.2) is 0 Å².